The van der Waals surface area contributed by atoms with Crippen molar-refractivity contribution in [2.45, 2.75) is 43.7 Å². The Morgan fingerprint density at radius 3 is 2.41 bits per heavy atom. The van der Waals surface area contributed by atoms with Gasteiger partial charge >= 0.3 is 6.09 Å². The van der Waals surface area contributed by atoms with E-state index in [0.717, 1.165) is 11.1 Å². The third-order valence-electron chi connectivity index (χ3n) is 7.22. The van der Waals surface area contributed by atoms with Gasteiger partial charge in [0, 0.05) is 32.7 Å². The highest BCUT2D eigenvalue weighted by Gasteiger charge is 2.53. The summed E-state index contributed by atoms with van der Waals surface area (Å²) < 4.78 is 11.5. The van der Waals surface area contributed by atoms with Crippen molar-refractivity contribution < 1.29 is 19.1 Å². The zero-order valence-corrected chi connectivity index (χ0v) is 18.6. The molecule has 2 amide bonds. The van der Waals surface area contributed by atoms with Crippen LogP contribution in [0.3, 0.4) is 0 Å². The average Bonchev–Trinajstić information content (AvgIpc) is 3.36. The zero-order valence-electron chi connectivity index (χ0n) is 18.6. The lowest BCUT2D eigenvalue weighted by atomic mass is 9.73. The Bertz CT molecular complexity index is 985. The summed E-state index contributed by atoms with van der Waals surface area (Å²) in [4.78, 5) is 30.2. The smallest absolute Gasteiger partial charge is 0.410 e. The van der Waals surface area contributed by atoms with Gasteiger partial charge in [-0.1, -0.05) is 60.2 Å². The molecule has 2 aromatic rings. The number of carbonyl (C=O) groups excluding carboxylic acids is 2. The molecule has 0 saturated carbocycles. The first-order valence-electron chi connectivity index (χ1n) is 11.5. The molecule has 6 heteroatoms. The summed E-state index contributed by atoms with van der Waals surface area (Å²) in [5.74, 6) is 0.138. The van der Waals surface area contributed by atoms with Crippen LogP contribution in [0.1, 0.15) is 36.0 Å². The molecule has 1 spiro atoms. The van der Waals surface area contributed by atoms with E-state index in [9.17, 15) is 9.59 Å². The minimum Gasteiger partial charge on any atom is -0.439 e. The van der Waals surface area contributed by atoms with Crippen molar-refractivity contribution in [1.82, 2.24) is 9.80 Å². The highest BCUT2D eigenvalue weighted by Crippen LogP contribution is 2.40. The fourth-order valence-electron chi connectivity index (χ4n) is 5.37. The second-order valence-corrected chi connectivity index (χ2v) is 9.43. The van der Waals surface area contributed by atoms with Crippen LogP contribution in [-0.4, -0.2) is 60.2 Å². The van der Waals surface area contributed by atoms with Crippen LogP contribution in [0.15, 0.2) is 54.6 Å². The van der Waals surface area contributed by atoms with E-state index in [4.69, 9.17) is 9.47 Å². The molecule has 0 N–H and O–H groups in total. The van der Waals surface area contributed by atoms with Crippen LogP contribution in [0, 0.1) is 6.92 Å². The van der Waals surface area contributed by atoms with Crippen LogP contribution in [-0.2, 0) is 26.2 Å². The van der Waals surface area contributed by atoms with Crippen LogP contribution in [0.25, 0.3) is 0 Å². The summed E-state index contributed by atoms with van der Waals surface area (Å²) in [5, 5.41) is 0. The maximum Gasteiger partial charge on any atom is 0.410 e. The van der Waals surface area contributed by atoms with Crippen LogP contribution in [0.2, 0.25) is 0 Å². The van der Waals surface area contributed by atoms with Gasteiger partial charge in [0.15, 0.2) is 5.60 Å². The van der Waals surface area contributed by atoms with Gasteiger partial charge in [-0.15, -0.1) is 0 Å². The van der Waals surface area contributed by atoms with E-state index in [1.54, 1.807) is 4.90 Å². The standard InChI is InChI=1S/C26H30N2O4/c1-20-7-9-22(10-8-20)26(12-15-31-16-13-26)23(29)27-14-11-25(18-27)19-28(24(30)32-25)17-21-5-3-2-4-6-21/h2-10H,11-19H2,1H3. The molecule has 2 aromatic carbocycles. The first-order valence-corrected chi connectivity index (χ1v) is 11.5. The lowest BCUT2D eigenvalue weighted by Crippen LogP contribution is -2.50. The Labute approximate surface area is 189 Å². The van der Waals surface area contributed by atoms with Gasteiger partial charge in [0.1, 0.15) is 0 Å². The lowest BCUT2D eigenvalue weighted by molar-refractivity contribution is -0.141. The minimum atomic E-state index is -0.610. The number of nitrogens with zero attached hydrogens (tertiary/aromatic N) is 2. The zero-order chi connectivity index (χ0) is 22.2. The predicted molar refractivity (Wildman–Crippen MR) is 120 cm³/mol. The van der Waals surface area contributed by atoms with E-state index in [-0.39, 0.29) is 12.0 Å². The van der Waals surface area contributed by atoms with Gasteiger partial charge in [0.2, 0.25) is 5.91 Å². The van der Waals surface area contributed by atoms with Gasteiger partial charge in [-0.25, -0.2) is 4.79 Å². The van der Waals surface area contributed by atoms with Gasteiger partial charge in [-0.3, -0.25) is 9.69 Å². The third kappa shape index (κ3) is 3.77. The number of hydrogen-bond acceptors (Lipinski definition) is 4. The summed E-state index contributed by atoms with van der Waals surface area (Å²) in [5.41, 5.74) is 2.14. The Morgan fingerprint density at radius 1 is 0.969 bits per heavy atom. The molecule has 3 heterocycles. The van der Waals surface area contributed by atoms with Crippen molar-refractivity contribution in [3.05, 3.63) is 71.3 Å². The van der Waals surface area contributed by atoms with E-state index in [1.165, 1.54) is 5.56 Å². The first kappa shape index (κ1) is 21.0. The number of rotatable bonds is 4. The van der Waals surface area contributed by atoms with Crippen LogP contribution >= 0.6 is 0 Å². The van der Waals surface area contributed by atoms with Crippen LogP contribution < -0.4 is 0 Å². The maximum atomic E-state index is 13.9. The van der Waals surface area contributed by atoms with Crippen molar-refractivity contribution in [1.29, 1.82) is 0 Å². The number of aryl methyl sites for hydroxylation is 1. The van der Waals surface area contributed by atoms with Gasteiger partial charge in [-0.05, 0) is 30.9 Å². The van der Waals surface area contributed by atoms with Gasteiger partial charge in [0.25, 0.3) is 0 Å². The summed E-state index contributed by atoms with van der Waals surface area (Å²) in [6, 6.07) is 18.3. The van der Waals surface area contributed by atoms with Crippen molar-refractivity contribution in [2.75, 3.05) is 32.8 Å². The third-order valence-corrected chi connectivity index (χ3v) is 7.22. The number of likely N-dealkylation sites (tertiary alicyclic amines) is 1. The van der Waals surface area contributed by atoms with Crippen molar-refractivity contribution in [3.63, 3.8) is 0 Å². The molecule has 3 fully saturated rings. The normalized spacial score (nSPS) is 24.7. The summed E-state index contributed by atoms with van der Waals surface area (Å²) in [6.07, 6.45) is 1.75. The molecule has 5 rings (SSSR count). The number of ether oxygens (including phenoxy) is 2. The van der Waals surface area contributed by atoms with E-state index >= 15 is 0 Å². The molecule has 0 radical (unpaired) electrons. The molecule has 168 valence electrons. The highest BCUT2D eigenvalue weighted by molar-refractivity contribution is 5.89. The van der Waals surface area contributed by atoms with Crippen molar-refractivity contribution >= 4 is 12.0 Å². The molecule has 3 saturated heterocycles. The second kappa shape index (κ2) is 8.24. The van der Waals surface area contributed by atoms with Gasteiger partial charge in [-0.2, -0.15) is 0 Å². The molecule has 0 aliphatic carbocycles. The van der Waals surface area contributed by atoms with Gasteiger partial charge in [0.05, 0.1) is 18.5 Å². The number of hydrogen-bond donors (Lipinski definition) is 0. The molecule has 3 aliphatic rings. The Balaban J connectivity index is 1.33. The molecule has 32 heavy (non-hydrogen) atoms. The molecule has 0 bridgehead atoms. The highest BCUT2D eigenvalue weighted by atomic mass is 16.6. The number of carbonyl (C=O) groups is 2. The molecule has 6 nitrogen and oxygen atoms in total. The largest absolute Gasteiger partial charge is 0.439 e. The second-order valence-electron chi connectivity index (χ2n) is 9.43. The quantitative estimate of drug-likeness (QED) is 0.737. The van der Waals surface area contributed by atoms with Gasteiger partial charge < -0.3 is 14.4 Å². The Kier molecular flexibility index (Phi) is 5.41. The van der Waals surface area contributed by atoms with Crippen LogP contribution in [0.4, 0.5) is 4.79 Å². The average molecular weight is 435 g/mol. The molecule has 0 aromatic heterocycles. The topological polar surface area (TPSA) is 59.1 Å². The molecular formula is C26H30N2O4. The molecule has 1 unspecified atom stereocenters. The number of amides is 2. The molecular weight excluding hydrogens is 404 g/mol. The fourth-order valence-corrected chi connectivity index (χ4v) is 5.37. The predicted octanol–water partition coefficient (Wildman–Crippen LogP) is 3.67. The fraction of sp³-hybridized carbons (Fsp3) is 0.462. The molecule has 1 atom stereocenters. The molecule has 3 aliphatic heterocycles. The minimum absolute atomic E-state index is 0.138. The first-order chi connectivity index (χ1) is 15.5. The monoisotopic (exact) mass is 434 g/mol. The van der Waals surface area contributed by atoms with Crippen molar-refractivity contribution in [3.8, 4) is 0 Å². The summed E-state index contributed by atoms with van der Waals surface area (Å²) in [6.45, 7) is 5.33. The van der Waals surface area contributed by atoms with E-state index in [1.807, 2.05) is 35.2 Å². The van der Waals surface area contributed by atoms with Crippen LogP contribution in [0.5, 0.6) is 0 Å². The Hall–Kier alpha value is -2.86. The maximum absolute atomic E-state index is 13.9. The SMILES string of the molecule is Cc1ccc(C2(C(=O)N3CCC4(CN(Cc5ccccc5)C(=O)O4)C3)CCOCC2)cc1. The summed E-state index contributed by atoms with van der Waals surface area (Å²) in [7, 11) is 0. The lowest BCUT2D eigenvalue weighted by Gasteiger charge is -2.39. The number of benzene rings is 2. The van der Waals surface area contributed by atoms with E-state index in [0.29, 0.717) is 58.7 Å². The van der Waals surface area contributed by atoms with Crippen molar-refractivity contribution in [2.24, 2.45) is 0 Å². The van der Waals surface area contributed by atoms with E-state index in [2.05, 4.69) is 31.2 Å². The summed E-state index contributed by atoms with van der Waals surface area (Å²) >= 11 is 0. The Morgan fingerprint density at radius 2 is 1.69 bits per heavy atom. The van der Waals surface area contributed by atoms with E-state index < -0.39 is 11.0 Å².